The zero-order valence-corrected chi connectivity index (χ0v) is 13.2. The standard InChI is InChI=1S/C12H18ClN3O3S/c1-14-11-5-4-9(13)8-10(11)12(17)15-6-7-16(2)20(3,18)19/h4-5,8,14H,6-7H2,1-3H3,(H,15,17). The van der Waals surface area contributed by atoms with Crippen molar-refractivity contribution in [1.29, 1.82) is 0 Å². The molecule has 1 aromatic rings. The van der Waals surface area contributed by atoms with Crippen LogP contribution in [0.4, 0.5) is 5.69 Å². The monoisotopic (exact) mass is 319 g/mol. The predicted molar refractivity (Wildman–Crippen MR) is 80.8 cm³/mol. The summed E-state index contributed by atoms with van der Waals surface area (Å²) in [7, 11) is -0.0723. The largest absolute Gasteiger partial charge is 0.387 e. The number of benzene rings is 1. The molecule has 0 aliphatic heterocycles. The van der Waals surface area contributed by atoms with Gasteiger partial charge in [-0.15, -0.1) is 0 Å². The van der Waals surface area contributed by atoms with Crippen molar-refractivity contribution in [2.24, 2.45) is 0 Å². The predicted octanol–water partition coefficient (Wildman–Crippen LogP) is 1.00. The minimum absolute atomic E-state index is 0.208. The number of likely N-dealkylation sites (N-methyl/N-ethyl adjacent to an activating group) is 1. The number of anilines is 1. The Kier molecular flexibility index (Phi) is 5.79. The van der Waals surface area contributed by atoms with Gasteiger partial charge < -0.3 is 10.6 Å². The first-order valence-corrected chi connectivity index (χ1v) is 8.15. The third-order valence-electron chi connectivity index (χ3n) is 2.77. The van der Waals surface area contributed by atoms with Crippen molar-refractivity contribution >= 4 is 33.2 Å². The molecule has 0 unspecified atom stereocenters. The summed E-state index contributed by atoms with van der Waals surface area (Å²) >= 11 is 5.87. The first-order chi connectivity index (χ1) is 9.25. The fraction of sp³-hybridized carbons (Fsp3) is 0.417. The van der Waals surface area contributed by atoms with Gasteiger partial charge in [-0.3, -0.25) is 4.79 Å². The van der Waals surface area contributed by atoms with Crippen molar-refractivity contribution in [3.05, 3.63) is 28.8 Å². The number of hydrogen-bond acceptors (Lipinski definition) is 4. The highest BCUT2D eigenvalue weighted by Crippen LogP contribution is 2.20. The Morgan fingerprint density at radius 2 is 2.05 bits per heavy atom. The van der Waals surface area contributed by atoms with Crippen molar-refractivity contribution in [3.8, 4) is 0 Å². The summed E-state index contributed by atoms with van der Waals surface area (Å²) < 4.78 is 23.6. The smallest absolute Gasteiger partial charge is 0.253 e. The van der Waals surface area contributed by atoms with Gasteiger partial charge in [0.25, 0.3) is 5.91 Å². The fourth-order valence-corrected chi connectivity index (χ4v) is 2.11. The van der Waals surface area contributed by atoms with Crippen LogP contribution in [0.25, 0.3) is 0 Å². The van der Waals surface area contributed by atoms with Gasteiger partial charge in [-0.05, 0) is 18.2 Å². The molecule has 0 bridgehead atoms. The maximum absolute atomic E-state index is 12.0. The molecule has 0 atom stereocenters. The molecule has 8 heteroatoms. The summed E-state index contributed by atoms with van der Waals surface area (Å²) in [4.78, 5) is 12.0. The van der Waals surface area contributed by atoms with Crippen molar-refractivity contribution in [2.75, 3.05) is 38.8 Å². The van der Waals surface area contributed by atoms with Crippen molar-refractivity contribution in [1.82, 2.24) is 9.62 Å². The Bertz CT molecular complexity index is 590. The van der Waals surface area contributed by atoms with E-state index in [-0.39, 0.29) is 19.0 Å². The number of amides is 1. The van der Waals surface area contributed by atoms with Crippen LogP contribution in [0.5, 0.6) is 0 Å². The third kappa shape index (κ3) is 4.66. The average molecular weight is 320 g/mol. The summed E-state index contributed by atoms with van der Waals surface area (Å²) in [6.45, 7) is 0.429. The molecule has 0 spiro atoms. The lowest BCUT2D eigenvalue weighted by atomic mass is 10.1. The highest BCUT2D eigenvalue weighted by molar-refractivity contribution is 7.88. The normalized spacial score (nSPS) is 11.4. The van der Waals surface area contributed by atoms with E-state index >= 15 is 0 Å². The highest BCUT2D eigenvalue weighted by atomic mass is 35.5. The number of halogens is 1. The number of rotatable bonds is 6. The summed E-state index contributed by atoms with van der Waals surface area (Å²) in [6, 6.07) is 4.95. The Morgan fingerprint density at radius 3 is 2.60 bits per heavy atom. The van der Waals surface area contributed by atoms with Gasteiger partial charge in [0.1, 0.15) is 0 Å². The molecule has 1 rings (SSSR count). The molecular weight excluding hydrogens is 302 g/mol. The molecule has 1 amide bonds. The first kappa shape index (κ1) is 16.7. The van der Waals surface area contributed by atoms with E-state index in [9.17, 15) is 13.2 Å². The molecule has 1 aromatic carbocycles. The highest BCUT2D eigenvalue weighted by Gasteiger charge is 2.13. The average Bonchev–Trinajstić information content (AvgIpc) is 2.37. The summed E-state index contributed by atoms with van der Waals surface area (Å²) in [5.74, 6) is -0.307. The molecule has 0 saturated heterocycles. The van der Waals surface area contributed by atoms with Crippen molar-refractivity contribution in [2.45, 2.75) is 0 Å². The number of carbonyl (C=O) groups is 1. The van der Waals surface area contributed by atoms with E-state index < -0.39 is 10.0 Å². The maximum Gasteiger partial charge on any atom is 0.253 e. The number of nitrogens with zero attached hydrogens (tertiary/aromatic N) is 1. The molecule has 0 radical (unpaired) electrons. The van der Waals surface area contributed by atoms with Crippen LogP contribution in [-0.4, -0.2) is 52.1 Å². The van der Waals surface area contributed by atoms with Crippen molar-refractivity contribution in [3.63, 3.8) is 0 Å². The summed E-state index contributed by atoms with van der Waals surface area (Å²) in [6.07, 6.45) is 1.12. The quantitative estimate of drug-likeness (QED) is 0.820. The minimum atomic E-state index is -3.24. The van der Waals surface area contributed by atoms with Gasteiger partial charge in [0.05, 0.1) is 11.8 Å². The van der Waals surface area contributed by atoms with E-state index in [1.165, 1.54) is 11.4 Å². The van der Waals surface area contributed by atoms with Gasteiger partial charge in [0.15, 0.2) is 0 Å². The van der Waals surface area contributed by atoms with E-state index in [2.05, 4.69) is 10.6 Å². The van der Waals surface area contributed by atoms with Crippen molar-refractivity contribution < 1.29 is 13.2 Å². The van der Waals surface area contributed by atoms with Crippen LogP contribution in [0.3, 0.4) is 0 Å². The van der Waals surface area contributed by atoms with Gasteiger partial charge in [-0.2, -0.15) is 0 Å². The van der Waals surface area contributed by atoms with E-state index in [4.69, 9.17) is 11.6 Å². The van der Waals surface area contributed by atoms with E-state index in [1.54, 1.807) is 25.2 Å². The van der Waals surface area contributed by atoms with Crippen LogP contribution in [0.2, 0.25) is 5.02 Å². The summed E-state index contributed by atoms with van der Waals surface area (Å²) in [5.41, 5.74) is 1.07. The van der Waals surface area contributed by atoms with Crippen LogP contribution >= 0.6 is 11.6 Å². The molecule has 0 saturated carbocycles. The van der Waals surface area contributed by atoms with Gasteiger partial charge in [0, 0.05) is 37.9 Å². The maximum atomic E-state index is 12.0. The number of nitrogens with one attached hydrogen (secondary N) is 2. The fourth-order valence-electron chi connectivity index (χ4n) is 1.51. The Balaban J connectivity index is 2.66. The van der Waals surface area contributed by atoms with Crippen LogP contribution < -0.4 is 10.6 Å². The second-order valence-electron chi connectivity index (χ2n) is 4.28. The van der Waals surface area contributed by atoms with Gasteiger partial charge in [-0.1, -0.05) is 11.6 Å². The molecule has 0 aliphatic carbocycles. The molecule has 0 aromatic heterocycles. The first-order valence-electron chi connectivity index (χ1n) is 5.92. The minimum Gasteiger partial charge on any atom is -0.387 e. The molecule has 0 fully saturated rings. The second-order valence-corrected chi connectivity index (χ2v) is 6.81. The summed E-state index contributed by atoms with van der Waals surface area (Å²) in [5, 5.41) is 6.02. The SMILES string of the molecule is CNc1ccc(Cl)cc1C(=O)NCCN(C)S(C)(=O)=O. The number of hydrogen-bond donors (Lipinski definition) is 2. The Hall–Kier alpha value is -1.31. The second kappa shape index (κ2) is 6.92. The van der Waals surface area contributed by atoms with E-state index in [0.717, 1.165) is 6.26 Å². The lowest BCUT2D eigenvalue weighted by Crippen LogP contribution is -2.35. The van der Waals surface area contributed by atoms with Crippen LogP contribution in [0, 0.1) is 0 Å². The molecule has 112 valence electrons. The Morgan fingerprint density at radius 1 is 1.40 bits per heavy atom. The van der Waals surface area contributed by atoms with E-state index in [1.807, 2.05) is 0 Å². The van der Waals surface area contributed by atoms with Crippen LogP contribution in [0.15, 0.2) is 18.2 Å². The lowest BCUT2D eigenvalue weighted by molar-refractivity contribution is 0.0953. The van der Waals surface area contributed by atoms with Crippen LogP contribution in [0.1, 0.15) is 10.4 Å². The number of sulfonamides is 1. The Labute approximate surface area is 124 Å². The molecular formula is C12H18ClN3O3S. The van der Waals surface area contributed by atoms with Gasteiger partial charge in [0.2, 0.25) is 10.0 Å². The zero-order chi connectivity index (χ0) is 15.3. The molecule has 20 heavy (non-hydrogen) atoms. The third-order valence-corrected chi connectivity index (χ3v) is 4.32. The molecule has 0 aliphatic rings. The van der Waals surface area contributed by atoms with E-state index in [0.29, 0.717) is 16.3 Å². The zero-order valence-electron chi connectivity index (χ0n) is 11.6. The molecule has 0 heterocycles. The van der Waals surface area contributed by atoms with Crippen LogP contribution in [-0.2, 0) is 10.0 Å². The van der Waals surface area contributed by atoms with Gasteiger partial charge >= 0.3 is 0 Å². The lowest BCUT2D eigenvalue weighted by Gasteiger charge is -2.15. The topological polar surface area (TPSA) is 78.5 Å². The van der Waals surface area contributed by atoms with Gasteiger partial charge in [-0.25, -0.2) is 12.7 Å². The molecule has 6 nitrogen and oxygen atoms in total. The number of carbonyl (C=O) groups excluding carboxylic acids is 1. The molecule has 2 N–H and O–H groups in total.